The van der Waals surface area contributed by atoms with Crippen LogP contribution in [0.1, 0.15) is 50.0 Å². The Kier molecular flexibility index (Phi) is 7.62. The van der Waals surface area contributed by atoms with Crippen molar-refractivity contribution in [3.8, 4) is 5.75 Å². The van der Waals surface area contributed by atoms with Gasteiger partial charge in [-0.15, -0.1) is 0 Å². The Bertz CT molecular complexity index is 1030. The second-order valence-corrected chi connectivity index (χ2v) is 11.1. The first-order valence-electron chi connectivity index (χ1n) is 11.2. The Hall–Kier alpha value is -2.38. The van der Waals surface area contributed by atoms with Crippen molar-refractivity contribution in [3.05, 3.63) is 59.7 Å². The van der Waals surface area contributed by atoms with Gasteiger partial charge in [0.1, 0.15) is 10.6 Å². The fraction of sp³-hybridized carbons (Fsp3) is 0.480. The van der Waals surface area contributed by atoms with Gasteiger partial charge in [0, 0.05) is 31.2 Å². The van der Waals surface area contributed by atoms with Crippen LogP contribution in [-0.2, 0) is 16.6 Å². The fourth-order valence-corrected chi connectivity index (χ4v) is 6.25. The molecule has 174 valence electrons. The molecule has 7 heteroatoms. The van der Waals surface area contributed by atoms with Crippen LogP contribution < -0.4 is 4.74 Å². The smallest absolute Gasteiger partial charge is 0.254 e. The van der Waals surface area contributed by atoms with Crippen molar-refractivity contribution < 1.29 is 17.9 Å². The average Bonchev–Trinajstić information content (AvgIpc) is 2.76. The van der Waals surface area contributed by atoms with Crippen molar-refractivity contribution >= 4 is 15.9 Å². The molecule has 32 heavy (non-hydrogen) atoms. The molecule has 0 spiro atoms. The number of hydrogen-bond acceptors (Lipinski definition) is 4. The van der Waals surface area contributed by atoms with Gasteiger partial charge < -0.3 is 9.64 Å². The zero-order valence-corrected chi connectivity index (χ0v) is 20.4. The second-order valence-electron chi connectivity index (χ2n) is 9.15. The SMILES string of the molecule is COc1ccc(C(=O)N(Cc2ccccc2)C(C)C)cc1S(=O)(=O)N1CC(C)CC(C)C1. The third-order valence-corrected chi connectivity index (χ3v) is 7.80. The Balaban J connectivity index is 1.96. The molecule has 1 aliphatic heterocycles. The van der Waals surface area contributed by atoms with Crippen molar-refractivity contribution in [1.29, 1.82) is 0 Å². The molecule has 1 saturated heterocycles. The van der Waals surface area contributed by atoms with Crippen molar-refractivity contribution in [2.24, 2.45) is 11.8 Å². The van der Waals surface area contributed by atoms with Gasteiger partial charge in [-0.2, -0.15) is 4.31 Å². The summed E-state index contributed by atoms with van der Waals surface area (Å²) in [7, 11) is -2.34. The maximum absolute atomic E-state index is 13.5. The van der Waals surface area contributed by atoms with Gasteiger partial charge in [0.2, 0.25) is 10.0 Å². The van der Waals surface area contributed by atoms with E-state index in [1.165, 1.54) is 17.5 Å². The Labute approximate surface area is 192 Å². The van der Waals surface area contributed by atoms with E-state index in [4.69, 9.17) is 4.74 Å². The van der Waals surface area contributed by atoms with Crippen LogP contribution in [0, 0.1) is 11.8 Å². The number of carbonyl (C=O) groups excluding carboxylic acids is 1. The predicted molar refractivity (Wildman–Crippen MR) is 126 cm³/mol. The summed E-state index contributed by atoms with van der Waals surface area (Å²) in [6.45, 7) is 9.45. The molecule has 3 rings (SSSR count). The highest BCUT2D eigenvalue weighted by molar-refractivity contribution is 7.89. The Morgan fingerprint density at radius 3 is 2.28 bits per heavy atom. The molecule has 2 unspecified atom stereocenters. The molecule has 0 aromatic heterocycles. The molecular weight excluding hydrogens is 424 g/mol. The summed E-state index contributed by atoms with van der Waals surface area (Å²) in [5.74, 6) is 0.619. The summed E-state index contributed by atoms with van der Waals surface area (Å²) in [6.07, 6.45) is 1.00. The normalized spacial score (nSPS) is 19.7. The van der Waals surface area contributed by atoms with E-state index in [-0.39, 0.29) is 34.4 Å². The third-order valence-electron chi connectivity index (χ3n) is 5.94. The first kappa shape index (κ1) is 24.3. The van der Waals surface area contributed by atoms with Crippen LogP contribution in [0.15, 0.2) is 53.4 Å². The molecule has 1 fully saturated rings. The van der Waals surface area contributed by atoms with E-state index in [0.29, 0.717) is 25.2 Å². The lowest BCUT2D eigenvalue weighted by Gasteiger charge is -2.34. The third kappa shape index (κ3) is 5.33. The molecule has 0 N–H and O–H groups in total. The van der Waals surface area contributed by atoms with Gasteiger partial charge in [-0.05, 0) is 55.9 Å². The average molecular weight is 459 g/mol. The summed E-state index contributed by atoms with van der Waals surface area (Å²) in [5, 5.41) is 0. The maximum atomic E-state index is 13.5. The minimum absolute atomic E-state index is 0.0475. The number of ether oxygens (including phenoxy) is 1. The summed E-state index contributed by atoms with van der Waals surface area (Å²) in [6, 6.07) is 14.4. The number of benzene rings is 2. The number of hydrogen-bond donors (Lipinski definition) is 0. The maximum Gasteiger partial charge on any atom is 0.254 e. The molecule has 2 aromatic carbocycles. The molecule has 0 aliphatic carbocycles. The number of carbonyl (C=O) groups is 1. The minimum Gasteiger partial charge on any atom is -0.495 e. The van der Waals surface area contributed by atoms with Gasteiger partial charge in [0.15, 0.2) is 0 Å². The molecule has 1 aliphatic rings. The van der Waals surface area contributed by atoms with Crippen molar-refractivity contribution in [2.45, 2.75) is 51.6 Å². The van der Waals surface area contributed by atoms with Crippen LogP contribution in [-0.4, -0.2) is 49.8 Å². The lowest BCUT2D eigenvalue weighted by atomic mass is 9.94. The van der Waals surface area contributed by atoms with E-state index >= 15 is 0 Å². The van der Waals surface area contributed by atoms with E-state index in [1.807, 2.05) is 44.2 Å². The van der Waals surface area contributed by atoms with E-state index < -0.39 is 10.0 Å². The topological polar surface area (TPSA) is 66.9 Å². The number of sulfonamides is 1. The van der Waals surface area contributed by atoms with Crippen LogP contribution in [0.3, 0.4) is 0 Å². The van der Waals surface area contributed by atoms with E-state index in [1.54, 1.807) is 17.0 Å². The Morgan fingerprint density at radius 2 is 1.72 bits per heavy atom. The molecule has 1 amide bonds. The summed E-state index contributed by atoms with van der Waals surface area (Å²) >= 11 is 0. The highest BCUT2D eigenvalue weighted by Crippen LogP contribution is 2.32. The first-order valence-corrected chi connectivity index (χ1v) is 12.6. The van der Waals surface area contributed by atoms with Crippen LogP contribution >= 0.6 is 0 Å². The van der Waals surface area contributed by atoms with Gasteiger partial charge in [-0.1, -0.05) is 44.2 Å². The predicted octanol–water partition coefficient (Wildman–Crippen LogP) is 4.41. The van der Waals surface area contributed by atoms with Crippen LogP contribution in [0.4, 0.5) is 0 Å². The second kappa shape index (κ2) is 10.0. The quantitative estimate of drug-likeness (QED) is 0.616. The molecule has 6 nitrogen and oxygen atoms in total. The number of piperidine rings is 1. The molecule has 2 aromatic rings. The number of amides is 1. The summed E-state index contributed by atoms with van der Waals surface area (Å²) in [5.41, 5.74) is 1.36. The standard InChI is InChI=1S/C25H34N2O4S/c1-18(2)27(17-21-9-7-6-8-10-21)25(28)22-11-12-23(31-5)24(14-22)32(29,30)26-15-19(3)13-20(4)16-26/h6-12,14,18-20H,13,15-17H2,1-5H3. The number of nitrogens with zero attached hydrogens (tertiary/aromatic N) is 2. The zero-order valence-electron chi connectivity index (χ0n) is 19.6. The van der Waals surface area contributed by atoms with Crippen LogP contribution in [0.25, 0.3) is 0 Å². The van der Waals surface area contributed by atoms with Crippen LogP contribution in [0.2, 0.25) is 0 Å². The molecule has 0 radical (unpaired) electrons. The van der Waals surface area contributed by atoms with Crippen LogP contribution in [0.5, 0.6) is 5.75 Å². The van der Waals surface area contributed by atoms with Gasteiger partial charge in [0.25, 0.3) is 5.91 Å². The molecular formula is C25H34N2O4S. The lowest BCUT2D eigenvalue weighted by Crippen LogP contribution is -2.42. The highest BCUT2D eigenvalue weighted by atomic mass is 32.2. The first-order chi connectivity index (χ1) is 15.1. The van der Waals surface area contributed by atoms with Crippen molar-refractivity contribution in [1.82, 2.24) is 9.21 Å². The van der Waals surface area contributed by atoms with Gasteiger partial charge >= 0.3 is 0 Å². The zero-order chi connectivity index (χ0) is 23.5. The van der Waals surface area contributed by atoms with Crippen molar-refractivity contribution in [2.75, 3.05) is 20.2 Å². The van der Waals surface area contributed by atoms with Gasteiger partial charge in [0.05, 0.1) is 7.11 Å². The molecule has 0 saturated carbocycles. The molecule has 0 bridgehead atoms. The monoisotopic (exact) mass is 458 g/mol. The van der Waals surface area contributed by atoms with E-state index in [2.05, 4.69) is 13.8 Å². The molecule has 1 heterocycles. The summed E-state index contributed by atoms with van der Waals surface area (Å²) in [4.78, 5) is 15.2. The van der Waals surface area contributed by atoms with E-state index in [0.717, 1.165) is 12.0 Å². The summed E-state index contributed by atoms with van der Waals surface area (Å²) < 4.78 is 34.0. The van der Waals surface area contributed by atoms with Crippen molar-refractivity contribution in [3.63, 3.8) is 0 Å². The van der Waals surface area contributed by atoms with Gasteiger partial charge in [-0.25, -0.2) is 8.42 Å². The molecule has 2 atom stereocenters. The Morgan fingerprint density at radius 1 is 1.09 bits per heavy atom. The highest BCUT2D eigenvalue weighted by Gasteiger charge is 2.34. The minimum atomic E-state index is -3.79. The fourth-order valence-electron chi connectivity index (χ4n) is 4.39. The van der Waals surface area contributed by atoms with Gasteiger partial charge in [-0.3, -0.25) is 4.79 Å². The van der Waals surface area contributed by atoms with E-state index in [9.17, 15) is 13.2 Å². The number of rotatable bonds is 7. The number of methoxy groups -OCH3 is 1. The lowest BCUT2D eigenvalue weighted by molar-refractivity contribution is 0.0690. The largest absolute Gasteiger partial charge is 0.495 e.